The maximum atomic E-state index is 11.3. The Morgan fingerprint density at radius 1 is 1.50 bits per heavy atom. The third-order valence-electron chi connectivity index (χ3n) is 2.78. The first-order valence-electron chi connectivity index (χ1n) is 5.86. The fourth-order valence-corrected chi connectivity index (χ4v) is 1.94. The minimum absolute atomic E-state index is 0.00163. The van der Waals surface area contributed by atoms with Gasteiger partial charge in [-0.05, 0) is 25.0 Å². The Morgan fingerprint density at radius 3 is 3.00 bits per heavy atom. The second-order valence-electron chi connectivity index (χ2n) is 4.39. The molecule has 1 aliphatic heterocycles. The van der Waals surface area contributed by atoms with E-state index in [4.69, 9.17) is 9.84 Å². The summed E-state index contributed by atoms with van der Waals surface area (Å²) in [6.07, 6.45) is 0.776. The summed E-state index contributed by atoms with van der Waals surface area (Å²) in [6, 6.07) is 5.44. The largest absolute Gasteiger partial charge is 0.490 e. The van der Waals surface area contributed by atoms with Crippen molar-refractivity contribution >= 4 is 17.6 Å². The molecule has 1 heterocycles. The van der Waals surface area contributed by atoms with Crippen molar-refractivity contribution in [2.45, 2.75) is 32.3 Å². The number of hydrogen-bond donors (Lipinski definition) is 2. The Morgan fingerprint density at radius 2 is 2.28 bits per heavy atom. The number of carboxylic acid groups (broad SMARTS) is 1. The van der Waals surface area contributed by atoms with Gasteiger partial charge in [-0.25, -0.2) is 0 Å². The molecule has 0 spiro atoms. The lowest BCUT2D eigenvalue weighted by Gasteiger charge is -2.19. The number of carbonyl (C=O) groups is 2. The van der Waals surface area contributed by atoms with Crippen LogP contribution in [0.2, 0.25) is 0 Å². The summed E-state index contributed by atoms with van der Waals surface area (Å²) in [5, 5.41) is 11.4. The molecule has 1 aromatic carbocycles. The molecule has 0 unspecified atom stereocenters. The van der Waals surface area contributed by atoms with Crippen LogP contribution in [0.1, 0.15) is 25.3 Å². The summed E-state index contributed by atoms with van der Waals surface area (Å²) < 4.78 is 5.49. The summed E-state index contributed by atoms with van der Waals surface area (Å²) in [4.78, 5) is 21.8. The number of amides is 1. The van der Waals surface area contributed by atoms with Gasteiger partial charge in [0.15, 0.2) is 0 Å². The molecule has 0 saturated heterocycles. The Labute approximate surface area is 105 Å². The second kappa shape index (κ2) is 5.08. The topological polar surface area (TPSA) is 75.6 Å². The predicted octanol–water partition coefficient (Wildman–Crippen LogP) is 1.81. The number of nitrogens with one attached hydrogen (secondary N) is 1. The van der Waals surface area contributed by atoms with Crippen LogP contribution in [0, 0.1) is 0 Å². The van der Waals surface area contributed by atoms with Crippen LogP contribution >= 0.6 is 0 Å². The van der Waals surface area contributed by atoms with Gasteiger partial charge in [0.1, 0.15) is 11.9 Å². The number of hydrogen-bond acceptors (Lipinski definition) is 3. The van der Waals surface area contributed by atoms with Gasteiger partial charge >= 0.3 is 5.97 Å². The van der Waals surface area contributed by atoms with Crippen LogP contribution in [0.5, 0.6) is 5.75 Å². The van der Waals surface area contributed by atoms with Gasteiger partial charge < -0.3 is 15.2 Å². The molecule has 0 aliphatic carbocycles. The molecule has 1 amide bonds. The van der Waals surface area contributed by atoms with Gasteiger partial charge in [-0.2, -0.15) is 0 Å². The lowest BCUT2D eigenvalue weighted by atomic mass is 10.0. The smallest absolute Gasteiger partial charge is 0.307 e. The maximum Gasteiger partial charge on any atom is 0.307 e. The van der Waals surface area contributed by atoms with E-state index in [2.05, 4.69) is 5.32 Å². The highest BCUT2D eigenvalue weighted by molar-refractivity contribution is 5.94. The molecule has 2 rings (SSSR count). The average molecular weight is 249 g/mol. The van der Waals surface area contributed by atoms with Crippen molar-refractivity contribution in [3.05, 3.63) is 23.8 Å². The predicted molar refractivity (Wildman–Crippen MR) is 65.7 cm³/mol. The van der Waals surface area contributed by atoms with Crippen molar-refractivity contribution in [1.82, 2.24) is 0 Å². The molecule has 5 heteroatoms. The molecule has 0 saturated carbocycles. The number of aryl methyl sites for hydroxylation is 1. The number of carbonyl (C=O) groups excluding carboxylic acids is 1. The summed E-state index contributed by atoms with van der Waals surface area (Å²) in [6.45, 7) is 1.70. The van der Waals surface area contributed by atoms with E-state index in [1.165, 1.54) is 0 Å². The molecule has 5 nitrogen and oxygen atoms in total. The molecule has 18 heavy (non-hydrogen) atoms. The fraction of sp³-hybridized carbons (Fsp3) is 0.385. The zero-order valence-corrected chi connectivity index (χ0v) is 10.1. The molecule has 0 bridgehead atoms. The minimum Gasteiger partial charge on any atom is -0.490 e. The summed E-state index contributed by atoms with van der Waals surface area (Å²) in [5.41, 5.74) is 1.83. The molecular weight excluding hydrogens is 234 g/mol. The van der Waals surface area contributed by atoms with Gasteiger partial charge in [-0.3, -0.25) is 9.59 Å². The SMILES string of the molecule is C[C@H](CC(=O)O)Oc1ccc2c(c1)NC(=O)CC2. The van der Waals surface area contributed by atoms with Crippen LogP contribution in [0.15, 0.2) is 18.2 Å². The molecular formula is C13H15NO4. The highest BCUT2D eigenvalue weighted by atomic mass is 16.5. The van der Waals surface area contributed by atoms with Crippen LogP contribution in [0.25, 0.3) is 0 Å². The first kappa shape index (κ1) is 12.4. The number of aliphatic carboxylic acids is 1. The quantitative estimate of drug-likeness (QED) is 0.853. The summed E-state index contributed by atoms with van der Waals surface area (Å²) in [7, 11) is 0. The van der Waals surface area contributed by atoms with Crippen LogP contribution in [-0.2, 0) is 16.0 Å². The van der Waals surface area contributed by atoms with Gasteiger partial charge in [0.05, 0.1) is 6.42 Å². The molecule has 0 radical (unpaired) electrons. The van der Waals surface area contributed by atoms with Gasteiger partial charge in [0.2, 0.25) is 5.91 Å². The normalized spacial score (nSPS) is 15.5. The first-order valence-corrected chi connectivity index (χ1v) is 5.86. The molecule has 0 aromatic heterocycles. The third-order valence-corrected chi connectivity index (χ3v) is 2.78. The van der Waals surface area contributed by atoms with Crippen LogP contribution in [-0.4, -0.2) is 23.1 Å². The lowest BCUT2D eigenvalue weighted by molar-refractivity contribution is -0.138. The van der Waals surface area contributed by atoms with Crippen LogP contribution in [0.4, 0.5) is 5.69 Å². The van der Waals surface area contributed by atoms with E-state index in [1.807, 2.05) is 6.07 Å². The van der Waals surface area contributed by atoms with E-state index in [0.717, 1.165) is 17.7 Å². The Kier molecular flexibility index (Phi) is 3.50. The number of carboxylic acids is 1. The Balaban J connectivity index is 2.08. The fourth-order valence-electron chi connectivity index (χ4n) is 1.94. The zero-order chi connectivity index (χ0) is 13.1. The van der Waals surface area contributed by atoms with Crippen molar-refractivity contribution in [3.8, 4) is 5.75 Å². The molecule has 2 N–H and O–H groups in total. The Hall–Kier alpha value is -2.04. The van der Waals surface area contributed by atoms with Crippen LogP contribution < -0.4 is 10.1 Å². The van der Waals surface area contributed by atoms with E-state index in [-0.39, 0.29) is 12.3 Å². The second-order valence-corrected chi connectivity index (χ2v) is 4.39. The van der Waals surface area contributed by atoms with E-state index in [9.17, 15) is 9.59 Å². The van der Waals surface area contributed by atoms with Crippen molar-refractivity contribution in [3.63, 3.8) is 0 Å². The molecule has 1 aromatic rings. The van der Waals surface area contributed by atoms with Crippen molar-refractivity contribution in [1.29, 1.82) is 0 Å². The third kappa shape index (κ3) is 3.00. The van der Waals surface area contributed by atoms with Crippen molar-refractivity contribution in [2.24, 2.45) is 0 Å². The standard InChI is InChI=1S/C13H15NO4/c1-8(6-13(16)17)18-10-4-2-9-3-5-12(15)14-11(9)7-10/h2,4,7-8H,3,5-6H2,1H3,(H,14,15)(H,16,17)/t8-/m1/s1. The highest BCUT2D eigenvalue weighted by Gasteiger charge is 2.16. The molecule has 0 fully saturated rings. The number of anilines is 1. The van der Waals surface area contributed by atoms with Crippen molar-refractivity contribution < 1.29 is 19.4 Å². The first-order chi connectivity index (χ1) is 8.54. The molecule has 1 aliphatic rings. The van der Waals surface area contributed by atoms with Crippen molar-refractivity contribution in [2.75, 3.05) is 5.32 Å². The van der Waals surface area contributed by atoms with Gasteiger partial charge in [0.25, 0.3) is 0 Å². The zero-order valence-electron chi connectivity index (χ0n) is 10.1. The van der Waals surface area contributed by atoms with Gasteiger partial charge in [-0.1, -0.05) is 6.07 Å². The van der Waals surface area contributed by atoms with E-state index in [0.29, 0.717) is 12.2 Å². The summed E-state index contributed by atoms with van der Waals surface area (Å²) >= 11 is 0. The average Bonchev–Trinajstić information content (AvgIpc) is 2.27. The number of rotatable bonds is 4. The highest BCUT2D eigenvalue weighted by Crippen LogP contribution is 2.27. The number of benzene rings is 1. The van der Waals surface area contributed by atoms with Gasteiger partial charge in [0, 0.05) is 18.2 Å². The summed E-state index contributed by atoms with van der Waals surface area (Å²) in [5.74, 6) is -0.323. The van der Waals surface area contributed by atoms with Gasteiger partial charge in [-0.15, -0.1) is 0 Å². The van der Waals surface area contributed by atoms with Crippen LogP contribution in [0.3, 0.4) is 0 Å². The molecule has 1 atom stereocenters. The number of fused-ring (bicyclic) bond motifs is 1. The monoisotopic (exact) mass is 249 g/mol. The van der Waals surface area contributed by atoms with E-state index >= 15 is 0 Å². The Bertz CT molecular complexity index is 484. The minimum atomic E-state index is -0.895. The lowest BCUT2D eigenvalue weighted by Crippen LogP contribution is -2.20. The molecule has 96 valence electrons. The maximum absolute atomic E-state index is 11.3. The van der Waals surface area contributed by atoms with E-state index < -0.39 is 12.1 Å². The number of ether oxygens (including phenoxy) is 1. The van der Waals surface area contributed by atoms with E-state index in [1.54, 1.807) is 19.1 Å².